The van der Waals surface area contributed by atoms with Crippen molar-refractivity contribution < 1.29 is 4.79 Å². The Kier molecular flexibility index (Phi) is 5.64. The lowest BCUT2D eigenvalue weighted by Gasteiger charge is -2.34. The Bertz CT molecular complexity index is 452. The zero-order valence-corrected chi connectivity index (χ0v) is 14.8. The lowest BCUT2D eigenvalue weighted by molar-refractivity contribution is -0.135. The van der Waals surface area contributed by atoms with Crippen molar-refractivity contribution >= 4 is 33.2 Å². The molecule has 0 bridgehead atoms. The smallest absolute Gasteiger partial charge is 0.225 e. The van der Waals surface area contributed by atoms with E-state index in [1.807, 2.05) is 18.7 Å². The maximum Gasteiger partial charge on any atom is 0.225 e. The number of thiophene rings is 1. The predicted molar refractivity (Wildman–Crippen MR) is 88.0 cm³/mol. The van der Waals surface area contributed by atoms with Crippen LogP contribution in [0, 0.1) is 5.92 Å². The van der Waals surface area contributed by atoms with Gasteiger partial charge in [-0.2, -0.15) is 0 Å². The lowest BCUT2D eigenvalue weighted by Crippen LogP contribution is -2.46. The molecule has 1 amide bonds. The summed E-state index contributed by atoms with van der Waals surface area (Å²) in [6.45, 7) is 7.93. The van der Waals surface area contributed by atoms with Gasteiger partial charge in [-0.1, -0.05) is 13.8 Å². The molecule has 1 aliphatic rings. The number of halogens is 1. The van der Waals surface area contributed by atoms with Crippen molar-refractivity contribution in [2.45, 2.75) is 45.7 Å². The molecular formula is C15H23BrN2OS. The van der Waals surface area contributed by atoms with Crippen molar-refractivity contribution in [1.82, 2.24) is 10.2 Å². The first-order valence-electron chi connectivity index (χ1n) is 7.26. The second-order valence-electron chi connectivity index (χ2n) is 5.81. The molecule has 1 saturated heterocycles. The standard InChI is InChI=1S/C15H23BrN2OS/c1-10(2)15(19)18-6-4-13(5-7-18)17-11(3)14-8-12(16)9-20-14/h8-11,13,17H,4-7H2,1-3H3. The number of carbonyl (C=O) groups excluding carboxylic acids is 1. The van der Waals surface area contributed by atoms with Crippen molar-refractivity contribution in [3.05, 3.63) is 20.8 Å². The van der Waals surface area contributed by atoms with Crippen LogP contribution in [-0.4, -0.2) is 29.9 Å². The fourth-order valence-electron chi connectivity index (χ4n) is 2.62. The third-order valence-corrected chi connectivity index (χ3v) is 5.68. The van der Waals surface area contributed by atoms with Crippen molar-refractivity contribution in [2.75, 3.05) is 13.1 Å². The Hall–Kier alpha value is -0.390. The van der Waals surface area contributed by atoms with E-state index in [9.17, 15) is 4.79 Å². The van der Waals surface area contributed by atoms with Crippen LogP contribution in [0.1, 0.15) is 44.5 Å². The summed E-state index contributed by atoms with van der Waals surface area (Å²) in [6.07, 6.45) is 2.10. The van der Waals surface area contributed by atoms with E-state index < -0.39 is 0 Å². The molecule has 1 atom stereocenters. The minimum atomic E-state index is 0.113. The maximum atomic E-state index is 12.0. The van der Waals surface area contributed by atoms with Gasteiger partial charge in [0.25, 0.3) is 0 Å². The highest BCUT2D eigenvalue weighted by atomic mass is 79.9. The topological polar surface area (TPSA) is 32.3 Å². The average Bonchev–Trinajstić information content (AvgIpc) is 2.85. The molecule has 2 heterocycles. The van der Waals surface area contributed by atoms with Gasteiger partial charge in [-0.15, -0.1) is 11.3 Å². The number of amides is 1. The first-order chi connectivity index (χ1) is 9.47. The van der Waals surface area contributed by atoms with Crippen LogP contribution in [0.3, 0.4) is 0 Å². The minimum Gasteiger partial charge on any atom is -0.342 e. The van der Waals surface area contributed by atoms with Crippen LogP contribution >= 0.6 is 27.3 Å². The number of likely N-dealkylation sites (tertiary alicyclic amines) is 1. The molecule has 0 spiro atoms. The van der Waals surface area contributed by atoms with E-state index in [1.54, 1.807) is 11.3 Å². The molecule has 5 heteroatoms. The Morgan fingerprint density at radius 2 is 2.05 bits per heavy atom. The molecule has 2 rings (SSSR count). The summed E-state index contributed by atoms with van der Waals surface area (Å²) in [5, 5.41) is 5.81. The van der Waals surface area contributed by atoms with E-state index in [1.165, 1.54) is 4.88 Å². The van der Waals surface area contributed by atoms with Crippen LogP contribution < -0.4 is 5.32 Å². The summed E-state index contributed by atoms with van der Waals surface area (Å²) in [6, 6.07) is 3.07. The summed E-state index contributed by atoms with van der Waals surface area (Å²) in [7, 11) is 0. The third-order valence-electron chi connectivity index (χ3n) is 3.80. The van der Waals surface area contributed by atoms with Crippen LogP contribution in [-0.2, 0) is 4.79 Å². The highest BCUT2D eigenvalue weighted by Crippen LogP contribution is 2.26. The fourth-order valence-corrected chi connectivity index (χ4v) is 4.09. The summed E-state index contributed by atoms with van der Waals surface area (Å²) in [5.41, 5.74) is 0. The zero-order valence-electron chi connectivity index (χ0n) is 12.4. The number of nitrogens with one attached hydrogen (secondary N) is 1. The number of hydrogen-bond donors (Lipinski definition) is 1. The second-order valence-corrected chi connectivity index (χ2v) is 7.67. The molecule has 1 fully saturated rings. The van der Waals surface area contributed by atoms with Gasteiger partial charge in [0.2, 0.25) is 5.91 Å². The van der Waals surface area contributed by atoms with Gasteiger partial charge in [0, 0.05) is 45.8 Å². The molecule has 1 aromatic rings. The molecule has 0 aliphatic carbocycles. The van der Waals surface area contributed by atoms with Gasteiger partial charge in [-0.05, 0) is 41.8 Å². The van der Waals surface area contributed by atoms with Crippen LogP contribution in [0.25, 0.3) is 0 Å². The normalized spacial score (nSPS) is 18.6. The molecule has 0 radical (unpaired) electrons. The van der Waals surface area contributed by atoms with E-state index in [0.717, 1.165) is 30.4 Å². The van der Waals surface area contributed by atoms with Gasteiger partial charge in [0.1, 0.15) is 0 Å². The number of rotatable bonds is 4. The maximum absolute atomic E-state index is 12.0. The monoisotopic (exact) mass is 358 g/mol. The van der Waals surface area contributed by atoms with E-state index in [0.29, 0.717) is 18.0 Å². The molecule has 1 N–H and O–H groups in total. The van der Waals surface area contributed by atoms with Gasteiger partial charge in [0.05, 0.1) is 0 Å². The lowest BCUT2D eigenvalue weighted by atomic mass is 10.0. The number of nitrogens with zero attached hydrogens (tertiary/aromatic N) is 1. The van der Waals surface area contributed by atoms with E-state index in [-0.39, 0.29) is 5.92 Å². The fraction of sp³-hybridized carbons (Fsp3) is 0.667. The second kappa shape index (κ2) is 7.05. The molecule has 3 nitrogen and oxygen atoms in total. The van der Waals surface area contributed by atoms with Gasteiger partial charge in [-0.25, -0.2) is 0 Å². The Labute approximate surface area is 133 Å². The largest absolute Gasteiger partial charge is 0.342 e. The van der Waals surface area contributed by atoms with Gasteiger partial charge < -0.3 is 10.2 Å². The first kappa shape index (κ1) is 16.0. The number of carbonyl (C=O) groups is 1. The Morgan fingerprint density at radius 3 is 2.55 bits per heavy atom. The van der Waals surface area contributed by atoms with E-state index >= 15 is 0 Å². The van der Waals surface area contributed by atoms with Crippen LogP contribution in [0.5, 0.6) is 0 Å². The van der Waals surface area contributed by atoms with Crippen molar-refractivity contribution in [3.63, 3.8) is 0 Å². The first-order valence-corrected chi connectivity index (χ1v) is 8.93. The molecule has 1 aliphatic heterocycles. The Morgan fingerprint density at radius 1 is 1.40 bits per heavy atom. The van der Waals surface area contributed by atoms with Crippen molar-refractivity contribution in [1.29, 1.82) is 0 Å². The summed E-state index contributed by atoms with van der Waals surface area (Å²) in [5.74, 6) is 0.403. The van der Waals surface area contributed by atoms with Crippen LogP contribution in [0.15, 0.2) is 15.9 Å². The highest BCUT2D eigenvalue weighted by molar-refractivity contribution is 9.10. The van der Waals surface area contributed by atoms with Gasteiger partial charge in [-0.3, -0.25) is 4.79 Å². The Balaban J connectivity index is 1.81. The summed E-state index contributed by atoms with van der Waals surface area (Å²) >= 11 is 5.28. The number of hydrogen-bond acceptors (Lipinski definition) is 3. The van der Waals surface area contributed by atoms with E-state index in [2.05, 4.69) is 39.6 Å². The van der Waals surface area contributed by atoms with Gasteiger partial charge in [0.15, 0.2) is 0 Å². The molecular weight excluding hydrogens is 336 g/mol. The average molecular weight is 359 g/mol. The SMILES string of the molecule is CC(C)C(=O)N1CCC(NC(C)c2cc(Br)cs2)CC1. The van der Waals surface area contributed by atoms with Crippen LogP contribution in [0.4, 0.5) is 0 Å². The molecule has 1 unspecified atom stereocenters. The summed E-state index contributed by atoms with van der Waals surface area (Å²) < 4.78 is 1.16. The molecule has 1 aromatic heterocycles. The molecule has 0 saturated carbocycles. The number of piperidine rings is 1. The minimum absolute atomic E-state index is 0.113. The quantitative estimate of drug-likeness (QED) is 0.887. The van der Waals surface area contributed by atoms with Crippen molar-refractivity contribution in [2.24, 2.45) is 5.92 Å². The summed E-state index contributed by atoms with van der Waals surface area (Å²) in [4.78, 5) is 15.3. The highest BCUT2D eigenvalue weighted by Gasteiger charge is 2.25. The van der Waals surface area contributed by atoms with Gasteiger partial charge >= 0.3 is 0 Å². The molecule has 0 aromatic carbocycles. The zero-order chi connectivity index (χ0) is 14.7. The van der Waals surface area contributed by atoms with Crippen LogP contribution in [0.2, 0.25) is 0 Å². The molecule has 112 valence electrons. The van der Waals surface area contributed by atoms with Crippen molar-refractivity contribution in [3.8, 4) is 0 Å². The molecule has 20 heavy (non-hydrogen) atoms. The third kappa shape index (κ3) is 4.06. The predicted octanol–water partition coefficient (Wildman–Crippen LogP) is 3.81. The van der Waals surface area contributed by atoms with E-state index in [4.69, 9.17) is 0 Å².